The zero-order chi connectivity index (χ0) is 26.6. The number of rotatable bonds is 11. The van der Waals surface area contributed by atoms with E-state index in [9.17, 15) is 27.9 Å². The van der Waals surface area contributed by atoms with Crippen LogP contribution >= 0.6 is 0 Å². The minimum absolute atomic E-state index is 0.287. The van der Waals surface area contributed by atoms with Gasteiger partial charge in [-0.3, -0.25) is 0 Å². The van der Waals surface area contributed by atoms with Gasteiger partial charge in [-0.15, -0.1) is 0 Å². The van der Waals surface area contributed by atoms with Crippen LogP contribution in [0.2, 0.25) is 0 Å². The molecule has 2 aromatic carbocycles. The fourth-order valence-corrected chi connectivity index (χ4v) is 4.69. The standard InChI is InChI=1S/C26H30F3N3O5/c1-2-36-22(24(33)34)13-16-3-9-19(10-4-16)37-12-11-30-23-20-14-32(15-21(20)23)25(35)31-18-7-5-17(6-8-18)26(27,28)29/h3-10,20-23,30H,2,11-15H2,1H3,(H,31,35)(H,33,34)/t20?,21?,22-,23?/m0/s1. The van der Waals surface area contributed by atoms with Crippen molar-refractivity contribution in [2.75, 3.05) is 38.2 Å². The number of halogens is 3. The summed E-state index contributed by atoms with van der Waals surface area (Å²) < 4.78 is 49.0. The number of urea groups is 1. The molecule has 0 spiro atoms. The maximum Gasteiger partial charge on any atom is 0.416 e. The molecule has 0 radical (unpaired) electrons. The summed E-state index contributed by atoms with van der Waals surface area (Å²) in [6, 6.07) is 11.7. The number of carbonyl (C=O) groups excluding carboxylic acids is 1. The normalized spacial score (nSPS) is 21.3. The SMILES string of the molecule is CCO[C@@H](Cc1ccc(OCCNC2C3CN(C(=O)Nc4ccc(C(F)(F)F)cc4)CC32)cc1)C(=O)O. The zero-order valence-electron chi connectivity index (χ0n) is 20.3. The van der Waals surface area contributed by atoms with Gasteiger partial charge in [0.15, 0.2) is 6.10 Å². The number of nitrogens with zero attached hydrogens (tertiary/aromatic N) is 1. The van der Waals surface area contributed by atoms with Crippen LogP contribution in [0.1, 0.15) is 18.1 Å². The Bertz CT molecular complexity index is 1070. The van der Waals surface area contributed by atoms with E-state index in [0.29, 0.717) is 62.2 Å². The number of aliphatic carboxylic acids is 1. The Morgan fingerprint density at radius 1 is 1.08 bits per heavy atom. The summed E-state index contributed by atoms with van der Waals surface area (Å²) in [7, 11) is 0. The summed E-state index contributed by atoms with van der Waals surface area (Å²) >= 11 is 0. The number of carboxylic acid groups (broad SMARTS) is 1. The average Bonchev–Trinajstić information content (AvgIpc) is 3.29. The molecule has 0 aromatic heterocycles. The van der Waals surface area contributed by atoms with Crippen LogP contribution in [0.15, 0.2) is 48.5 Å². The molecule has 1 saturated carbocycles. The summed E-state index contributed by atoms with van der Waals surface area (Å²) in [5.74, 6) is 0.409. The first kappa shape index (κ1) is 26.7. The van der Waals surface area contributed by atoms with Crippen LogP contribution in [-0.2, 0) is 22.1 Å². The van der Waals surface area contributed by atoms with Crippen LogP contribution in [0, 0.1) is 11.8 Å². The third-order valence-corrected chi connectivity index (χ3v) is 6.68. The second kappa shape index (κ2) is 11.4. The van der Waals surface area contributed by atoms with Gasteiger partial charge in [0.25, 0.3) is 0 Å². The van der Waals surface area contributed by atoms with Gasteiger partial charge in [0.2, 0.25) is 0 Å². The Morgan fingerprint density at radius 3 is 2.30 bits per heavy atom. The van der Waals surface area contributed by atoms with Gasteiger partial charge >= 0.3 is 18.2 Å². The molecule has 11 heteroatoms. The Morgan fingerprint density at radius 2 is 1.73 bits per heavy atom. The van der Waals surface area contributed by atoms with E-state index in [1.807, 2.05) is 12.1 Å². The van der Waals surface area contributed by atoms with Gasteiger partial charge in [-0.25, -0.2) is 9.59 Å². The lowest BCUT2D eigenvalue weighted by Crippen LogP contribution is -2.38. The number of amides is 2. The van der Waals surface area contributed by atoms with Gasteiger partial charge in [0.05, 0.1) is 5.56 Å². The summed E-state index contributed by atoms with van der Waals surface area (Å²) in [5, 5.41) is 15.3. The van der Waals surface area contributed by atoms with Crippen molar-refractivity contribution in [1.82, 2.24) is 10.2 Å². The van der Waals surface area contributed by atoms with Gasteiger partial charge < -0.3 is 30.1 Å². The van der Waals surface area contributed by atoms with Gasteiger partial charge in [0, 0.05) is 44.4 Å². The zero-order valence-corrected chi connectivity index (χ0v) is 20.3. The molecule has 3 atom stereocenters. The van der Waals surface area contributed by atoms with Crippen LogP contribution in [0.25, 0.3) is 0 Å². The van der Waals surface area contributed by atoms with E-state index in [0.717, 1.165) is 17.7 Å². The monoisotopic (exact) mass is 521 g/mol. The van der Waals surface area contributed by atoms with Crippen LogP contribution < -0.4 is 15.4 Å². The van der Waals surface area contributed by atoms with Crippen LogP contribution in [0.5, 0.6) is 5.75 Å². The molecule has 0 bridgehead atoms. The maximum absolute atomic E-state index is 12.7. The number of fused-ring (bicyclic) bond motifs is 1. The van der Waals surface area contributed by atoms with Crippen molar-refractivity contribution in [3.63, 3.8) is 0 Å². The molecule has 1 saturated heterocycles. The number of hydrogen-bond donors (Lipinski definition) is 3. The Balaban J connectivity index is 1.12. The van der Waals surface area contributed by atoms with E-state index in [1.54, 1.807) is 24.0 Å². The second-order valence-corrected chi connectivity index (χ2v) is 9.20. The van der Waals surface area contributed by atoms with E-state index in [4.69, 9.17) is 9.47 Å². The number of carbonyl (C=O) groups is 2. The highest BCUT2D eigenvalue weighted by molar-refractivity contribution is 5.89. The topological polar surface area (TPSA) is 100 Å². The maximum atomic E-state index is 12.7. The van der Waals surface area contributed by atoms with Crippen LogP contribution in [-0.4, -0.2) is 67.0 Å². The number of nitrogens with one attached hydrogen (secondary N) is 2. The fourth-order valence-electron chi connectivity index (χ4n) is 4.69. The second-order valence-electron chi connectivity index (χ2n) is 9.20. The fraction of sp³-hybridized carbons (Fsp3) is 0.462. The van der Waals surface area contributed by atoms with Crippen molar-refractivity contribution in [2.24, 2.45) is 11.8 Å². The molecule has 1 aliphatic carbocycles. The summed E-state index contributed by atoms with van der Waals surface area (Å²) in [5.41, 5.74) is 0.424. The molecule has 2 fully saturated rings. The van der Waals surface area contributed by atoms with Gasteiger partial charge in [-0.05, 0) is 60.7 Å². The molecule has 2 aliphatic rings. The summed E-state index contributed by atoms with van der Waals surface area (Å²) in [6.07, 6.45) is -4.99. The van der Waals surface area contributed by atoms with E-state index in [1.165, 1.54) is 12.1 Å². The summed E-state index contributed by atoms with van der Waals surface area (Å²) in [4.78, 5) is 25.4. The molecule has 1 heterocycles. The van der Waals surface area contributed by atoms with Crippen LogP contribution in [0.3, 0.4) is 0 Å². The smallest absolute Gasteiger partial charge is 0.416 e. The average molecular weight is 522 g/mol. The molecule has 2 unspecified atom stereocenters. The predicted octanol–water partition coefficient (Wildman–Crippen LogP) is 3.87. The molecule has 200 valence electrons. The van der Waals surface area contributed by atoms with Gasteiger partial charge in [0.1, 0.15) is 12.4 Å². The lowest BCUT2D eigenvalue weighted by molar-refractivity contribution is -0.150. The highest BCUT2D eigenvalue weighted by Gasteiger charge is 2.56. The Kier molecular flexibility index (Phi) is 8.23. The van der Waals surface area contributed by atoms with Crippen molar-refractivity contribution in [1.29, 1.82) is 0 Å². The molecular formula is C26H30F3N3O5. The molecule has 8 nitrogen and oxygen atoms in total. The number of carboxylic acids is 1. The lowest BCUT2D eigenvalue weighted by Gasteiger charge is -2.21. The van der Waals surface area contributed by atoms with Crippen molar-refractivity contribution in [2.45, 2.75) is 31.7 Å². The molecule has 2 amide bonds. The third kappa shape index (κ3) is 6.92. The van der Waals surface area contributed by atoms with E-state index in [-0.39, 0.29) is 12.5 Å². The third-order valence-electron chi connectivity index (χ3n) is 6.68. The highest BCUT2D eigenvalue weighted by Crippen LogP contribution is 2.45. The van der Waals surface area contributed by atoms with Crippen molar-refractivity contribution < 1.29 is 37.3 Å². The largest absolute Gasteiger partial charge is 0.492 e. The molecule has 1 aliphatic heterocycles. The number of piperidine rings is 1. The number of alkyl halides is 3. The number of anilines is 1. The first-order valence-corrected chi connectivity index (χ1v) is 12.2. The van der Waals surface area contributed by atoms with Crippen molar-refractivity contribution in [3.05, 3.63) is 59.7 Å². The van der Waals surface area contributed by atoms with Crippen LogP contribution in [0.4, 0.5) is 23.7 Å². The molecule has 4 rings (SSSR count). The molecule has 3 N–H and O–H groups in total. The van der Waals surface area contributed by atoms with Crippen molar-refractivity contribution >= 4 is 17.7 Å². The summed E-state index contributed by atoms with van der Waals surface area (Å²) in [6.45, 7) is 4.39. The first-order valence-electron chi connectivity index (χ1n) is 12.2. The number of likely N-dealkylation sites (tertiary alicyclic amines) is 1. The minimum atomic E-state index is -4.41. The minimum Gasteiger partial charge on any atom is -0.492 e. The molecular weight excluding hydrogens is 491 g/mol. The number of ether oxygens (including phenoxy) is 2. The van der Waals surface area contributed by atoms with E-state index >= 15 is 0 Å². The predicted molar refractivity (Wildman–Crippen MR) is 129 cm³/mol. The quantitative estimate of drug-likeness (QED) is 0.389. The van der Waals surface area contributed by atoms with E-state index in [2.05, 4.69) is 10.6 Å². The number of benzene rings is 2. The Hall–Kier alpha value is -3.31. The first-order chi connectivity index (χ1) is 17.7. The molecule has 37 heavy (non-hydrogen) atoms. The van der Waals surface area contributed by atoms with E-state index < -0.39 is 23.8 Å². The van der Waals surface area contributed by atoms with Gasteiger partial charge in [-0.2, -0.15) is 13.2 Å². The van der Waals surface area contributed by atoms with Gasteiger partial charge in [-0.1, -0.05) is 12.1 Å². The van der Waals surface area contributed by atoms with Crippen molar-refractivity contribution in [3.8, 4) is 5.75 Å². The molecule has 2 aromatic rings. The Labute approximate surface area is 212 Å². The number of hydrogen-bond acceptors (Lipinski definition) is 5. The lowest BCUT2D eigenvalue weighted by atomic mass is 10.1. The highest BCUT2D eigenvalue weighted by atomic mass is 19.4.